The molecule has 166 valence electrons. The second-order valence-corrected chi connectivity index (χ2v) is 9.91. The first-order chi connectivity index (χ1) is 13.8. The first-order valence-electron chi connectivity index (χ1n) is 8.43. The van der Waals surface area contributed by atoms with Gasteiger partial charge >= 0.3 is 6.18 Å². The molecule has 1 aromatic heterocycles. The Labute approximate surface area is 177 Å². The molecule has 0 N–H and O–H groups in total. The zero-order valence-electron chi connectivity index (χ0n) is 15.3. The lowest BCUT2D eigenvalue weighted by molar-refractivity contribution is -0.137. The second kappa shape index (κ2) is 8.26. The Bertz CT molecular complexity index is 1030. The minimum absolute atomic E-state index is 0.0352. The van der Waals surface area contributed by atoms with Crippen molar-refractivity contribution in [2.45, 2.75) is 42.5 Å². The van der Waals surface area contributed by atoms with E-state index in [1.165, 1.54) is 7.11 Å². The Morgan fingerprint density at radius 1 is 1.33 bits per heavy atom. The lowest BCUT2D eigenvalue weighted by Crippen LogP contribution is -2.45. The number of hydrogen-bond donors (Lipinski definition) is 0. The van der Waals surface area contributed by atoms with E-state index in [4.69, 9.17) is 16.3 Å². The minimum Gasteiger partial charge on any atom is -0.377 e. The van der Waals surface area contributed by atoms with Crippen molar-refractivity contribution in [2.75, 3.05) is 13.7 Å². The van der Waals surface area contributed by atoms with Crippen LogP contribution in [0.3, 0.4) is 0 Å². The molecule has 1 atom stereocenters. The van der Waals surface area contributed by atoms with Gasteiger partial charge in [0.2, 0.25) is 10.0 Å². The standard InChI is InChI=1S/C16H15ClF5N3O3S2/c1-28-8-13-23-24-14(29-13)11-7-15(18,19)4-5-25(11)30(26,27)12-3-2-9(6-10(12)17)16(20,21)22/h2-3,6,11H,4-5,7-8H2,1H3. The zero-order chi connectivity index (χ0) is 22.3. The number of methoxy groups -OCH3 is 1. The molecule has 30 heavy (non-hydrogen) atoms. The number of piperidine rings is 1. The number of hydrogen-bond acceptors (Lipinski definition) is 6. The fourth-order valence-corrected chi connectivity index (χ4v) is 6.12. The summed E-state index contributed by atoms with van der Waals surface area (Å²) in [7, 11) is -3.10. The van der Waals surface area contributed by atoms with E-state index in [1.54, 1.807) is 0 Å². The molecule has 0 spiro atoms. The number of alkyl halides is 5. The predicted molar refractivity (Wildman–Crippen MR) is 97.9 cm³/mol. The van der Waals surface area contributed by atoms with Gasteiger partial charge in [-0.1, -0.05) is 22.9 Å². The minimum atomic E-state index is -4.72. The van der Waals surface area contributed by atoms with Crippen molar-refractivity contribution in [3.05, 3.63) is 38.8 Å². The van der Waals surface area contributed by atoms with Crippen LogP contribution in [-0.2, 0) is 27.5 Å². The SMILES string of the molecule is COCc1nnc(C2CC(F)(F)CCN2S(=O)(=O)c2ccc(C(F)(F)F)cc2Cl)s1. The molecule has 1 aromatic carbocycles. The summed E-state index contributed by atoms with van der Waals surface area (Å²) < 4.78 is 98.7. The highest BCUT2D eigenvalue weighted by Gasteiger charge is 2.47. The molecule has 1 aliphatic heterocycles. The Balaban J connectivity index is 2.01. The number of aromatic nitrogens is 2. The van der Waals surface area contributed by atoms with Gasteiger partial charge < -0.3 is 4.74 Å². The summed E-state index contributed by atoms with van der Waals surface area (Å²) in [6, 6.07) is 0.443. The average Bonchev–Trinajstić information content (AvgIpc) is 3.08. The fraction of sp³-hybridized carbons (Fsp3) is 0.500. The lowest BCUT2D eigenvalue weighted by Gasteiger charge is -2.37. The quantitative estimate of drug-likeness (QED) is 0.575. The molecule has 0 aliphatic carbocycles. The summed E-state index contributed by atoms with van der Waals surface area (Å²) in [4.78, 5) is -0.603. The fourth-order valence-electron chi connectivity index (χ4n) is 3.01. The third kappa shape index (κ3) is 4.74. The van der Waals surface area contributed by atoms with Gasteiger partial charge in [-0.15, -0.1) is 10.2 Å². The molecule has 3 rings (SSSR count). The molecule has 2 aromatic rings. The van der Waals surface area contributed by atoms with Crippen LogP contribution in [0.4, 0.5) is 22.0 Å². The van der Waals surface area contributed by atoms with Gasteiger partial charge in [0.1, 0.15) is 14.9 Å². The Hall–Kier alpha value is -1.41. The second-order valence-electron chi connectivity index (χ2n) is 6.55. The molecule has 0 amide bonds. The maximum absolute atomic E-state index is 14.1. The van der Waals surface area contributed by atoms with Crippen LogP contribution >= 0.6 is 22.9 Å². The summed E-state index contributed by atoms with van der Waals surface area (Å²) in [5.41, 5.74) is -1.12. The first-order valence-corrected chi connectivity index (χ1v) is 11.1. The topological polar surface area (TPSA) is 72.4 Å². The van der Waals surface area contributed by atoms with Gasteiger partial charge in [-0.05, 0) is 18.2 Å². The van der Waals surface area contributed by atoms with Gasteiger partial charge in [-0.3, -0.25) is 0 Å². The molecular formula is C16H15ClF5N3O3S2. The summed E-state index contributed by atoms with van der Waals surface area (Å²) in [6.45, 7) is -0.491. The van der Waals surface area contributed by atoms with Crippen LogP contribution in [0.1, 0.15) is 34.5 Å². The molecule has 0 radical (unpaired) electrons. The maximum atomic E-state index is 14.1. The van der Waals surface area contributed by atoms with Crippen molar-refractivity contribution in [2.24, 2.45) is 0 Å². The largest absolute Gasteiger partial charge is 0.416 e. The van der Waals surface area contributed by atoms with E-state index >= 15 is 0 Å². The van der Waals surface area contributed by atoms with Crippen LogP contribution in [0.2, 0.25) is 5.02 Å². The van der Waals surface area contributed by atoms with E-state index in [-0.39, 0.29) is 11.6 Å². The number of ether oxygens (including phenoxy) is 1. The molecule has 1 aliphatic rings. The molecule has 1 fully saturated rings. The molecule has 14 heteroatoms. The van der Waals surface area contributed by atoms with Crippen molar-refractivity contribution < 1.29 is 35.1 Å². The summed E-state index contributed by atoms with van der Waals surface area (Å²) >= 11 is 6.76. The van der Waals surface area contributed by atoms with Crippen molar-refractivity contribution >= 4 is 33.0 Å². The third-order valence-corrected chi connectivity index (χ3v) is 7.81. The van der Waals surface area contributed by atoms with Crippen molar-refractivity contribution in [1.29, 1.82) is 0 Å². The number of benzene rings is 1. The van der Waals surface area contributed by atoms with Crippen LogP contribution < -0.4 is 0 Å². The highest BCUT2D eigenvalue weighted by atomic mass is 35.5. The molecule has 0 saturated carbocycles. The smallest absolute Gasteiger partial charge is 0.377 e. The third-order valence-electron chi connectivity index (χ3n) is 4.42. The molecule has 1 unspecified atom stereocenters. The highest BCUT2D eigenvalue weighted by Crippen LogP contribution is 2.44. The monoisotopic (exact) mass is 491 g/mol. The normalized spacial score (nSPS) is 20.4. The van der Waals surface area contributed by atoms with Gasteiger partial charge in [0.05, 0.1) is 23.2 Å². The number of sulfonamides is 1. The van der Waals surface area contributed by atoms with Crippen LogP contribution in [0.5, 0.6) is 0 Å². The first kappa shape index (κ1) is 23.3. The van der Waals surface area contributed by atoms with Gasteiger partial charge in [-0.25, -0.2) is 17.2 Å². The summed E-state index contributed by atoms with van der Waals surface area (Å²) in [5.74, 6) is -3.15. The van der Waals surface area contributed by atoms with Gasteiger partial charge in [-0.2, -0.15) is 17.5 Å². The van der Waals surface area contributed by atoms with Gasteiger partial charge in [0.25, 0.3) is 5.92 Å². The zero-order valence-corrected chi connectivity index (χ0v) is 17.7. The Morgan fingerprint density at radius 2 is 2.03 bits per heavy atom. The molecular weight excluding hydrogens is 477 g/mol. The average molecular weight is 492 g/mol. The van der Waals surface area contributed by atoms with Crippen LogP contribution in [0.25, 0.3) is 0 Å². The van der Waals surface area contributed by atoms with E-state index in [1.807, 2.05) is 0 Å². The van der Waals surface area contributed by atoms with Crippen molar-refractivity contribution in [3.8, 4) is 0 Å². The Kier molecular flexibility index (Phi) is 6.41. The van der Waals surface area contributed by atoms with Gasteiger partial charge in [0.15, 0.2) is 0 Å². The van der Waals surface area contributed by atoms with Crippen LogP contribution in [0, 0.1) is 0 Å². The molecule has 0 bridgehead atoms. The van der Waals surface area contributed by atoms with E-state index in [0.29, 0.717) is 17.1 Å². The van der Waals surface area contributed by atoms with E-state index in [2.05, 4.69) is 10.2 Å². The number of rotatable bonds is 5. The van der Waals surface area contributed by atoms with Crippen LogP contribution in [0.15, 0.2) is 23.1 Å². The van der Waals surface area contributed by atoms with Gasteiger partial charge in [0, 0.05) is 26.5 Å². The highest BCUT2D eigenvalue weighted by molar-refractivity contribution is 7.89. The summed E-state index contributed by atoms with van der Waals surface area (Å²) in [5, 5.41) is 7.37. The van der Waals surface area contributed by atoms with E-state index in [0.717, 1.165) is 21.7 Å². The molecule has 2 heterocycles. The van der Waals surface area contributed by atoms with Crippen LogP contribution in [-0.4, -0.2) is 42.5 Å². The molecule has 6 nitrogen and oxygen atoms in total. The van der Waals surface area contributed by atoms with E-state index in [9.17, 15) is 30.4 Å². The van der Waals surface area contributed by atoms with Crippen molar-refractivity contribution in [3.63, 3.8) is 0 Å². The maximum Gasteiger partial charge on any atom is 0.416 e. The molecule has 1 saturated heterocycles. The van der Waals surface area contributed by atoms with E-state index < -0.39 is 63.0 Å². The predicted octanol–water partition coefficient (Wildman–Crippen LogP) is 4.52. The number of nitrogens with zero attached hydrogens (tertiary/aromatic N) is 3. The lowest BCUT2D eigenvalue weighted by atomic mass is 10.0. The summed E-state index contributed by atoms with van der Waals surface area (Å²) in [6.07, 6.45) is -6.30. The Morgan fingerprint density at radius 3 is 2.63 bits per heavy atom. The number of halogens is 6. The van der Waals surface area contributed by atoms with Crippen molar-refractivity contribution in [1.82, 2.24) is 14.5 Å².